The van der Waals surface area contributed by atoms with E-state index in [0.717, 1.165) is 30.0 Å². The first-order chi connectivity index (χ1) is 10.9. The zero-order valence-corrected chi connectivity index (χ0v) is 12.1. The normalized spacial score (nSPS) is 13.3. The van der Waals surface area contributed by atoms with Gasteiger partial charge in [0.05, 0.1) is 0 Å². The van der Waals surface area contributed by atoms with Gasteiger partial charge in [-0.05, 0) is 41.8 Å². The van der Waals surface area contributed by atoms with Crippen LogP contribution in [0.25, 0.3) is 10.9 Å². The second-order valence-corrected chi connectivity index (χ2v) is 5.26. The number of benzene rings is 2. The van der Waals surface area contributed by atoms with E-state index in [1.807, 2.05) is 30.5 Å². The standard InChI is InChI=1S/C18H16N2O2/c1-2-4-16-15(3-1)14(11-20-16)7-8-19-10-13-5-6-17-18(9-13)22-12-21-17/h1-6,9-11,20H,7-8,12H2. The molecule has 2 aromatic carbocycles. The minimum Gasteiger partial charge on any atom is -0.454 e. The molecule has 1 aromatic heterocycles. The van der Waals surface area contributed by atoms with Gasteiger partial charge in [0.15, 0.2) is 11.5 Å². The van der Waals surface area contributed by atoms with E-state index >= 15 is 0 Å². The summed E-state index contributed by atoms with van der Waals surface area (Å²) in [6.07, 6.45) is 4.88. The van der Waals surface area contributed by atoms with Gasteiger partial charge in [-0.25, -0.2) is 0 Å². The summed E-state index contributed by atoms with van der Waals surface area (Å²) < 4.78 is 10.7. The van der Waals surface area contributed by atoms with Gasteiger partial charge in [-0.2, -0.15) is 0 Å². The number of rotatable bonds is 4. The molecule has 22 heavy (non-hydrogen) atoms. The zero-order valence-electron chi connectivity index (χ0n) is 12.1. The Balaban J connectivity index is 1.42. The lowest BCUT2D eigenvalue weighted by Gasteiger charge is -1.98. The van der Waals surface area contributed by atoms with E-state index in [2.05, 4.69) is 34.4 Å². The van der Waals surface area contributed by atoms with E-state index in [4.69, 9.17) is 9.47 Å². The summed E-state index contributed by atoms with van der Waals surface area (Å²) in [7, 11) is 0. The second-order valence-electron chi connectivity index (χ2n) is 5.26. The molecule has 2 heterocycles. The third kappa shape index (κ3) is 2.44. The first-order valence-corrected chi connectivity index (χ1v) is 7.34. The zero-order chi connectivity index (χ0) is 14.8. The quantitative estimate of drug-likeness (QED) is 0.747. The maximum atomic E-state index is 5.36. The van der Waals surface area contributed by atoms with Crippen molar-refractivity contribution in [3.05, 3.63) is 59.8 Å². The highest BCUT2D eigenvalue weighted by Gasteiger charge is 2.12. The maximum absolute atomic E-state index is 5.36. The van der Waals surface area contributed by atoms with Crippen molar-refractivity contribution >= 4 is 17.1 Å². The molecule has 0 radical (unpaired) electrons. The highest BCUT2D eigenvalue weighted by Crippen LogP contribution is 2.32. The van der Waals surface area contributed by atoms with Crippen molar-refractivity contribution in [2.75, 3.05) is 13.3 Å². The molecule has 4 heteroatoms. The second kappa shape index (κ2) is 5.56. The van der Waals surface area contributed by atoms with Crippen molar-refractivity contribution in [1.82, 2.24) is 4.98 Å². The molecular weight excluding hydrogens is 276 g/mol. The van der Waals surface area contributed by atoms with Crippen LogP contribution in [0.3, 0.4) is 0 Å². The van der Waals surface area contributed by atoms with Crippen LogP contribution in [0.4, 0.5) is 0 Å². The van der Waals surface area contributed by atoms with E-state index in [-0.39, 0.29) is 0 Å². The first kappa shape index (κ1) is 13.0. The van der Waals surface area contributed by atoms with Crippen molar-refractivity contribution in [1.29, 1.82) is 0 Å². The number of aromatic nitrogens is 1. The molecule has 0 atom stereocenters. The first-order valence-electron chi connectivity index (χ1n) is 7.34. The number of hydrogen-bond acceptors (Lipinski definition) is 3. The molecule has 0 unspecified atom stereocenters. The molecule has 1 N–H and O–H groups in total. The average molecular weight is 292 g/mol. The Hall–Kier alpha value is -2.75. The number of ether oxygens (including phenoxy) is 2. The Bertz CT molecular complexity index is 836. The molecule has 0 fully saturated rings. The van der Waals surface area contributed by atoms with Gasteiger partial charge in [0.1, 0.15) is 0 Å². The minimum atomic E-state index is 0.302. The molecular formula is C18H16N2O2. The van der Waals surface area contributed by atoms with Crippen molar-refractivity contribution in [2.24, 2.45) is 4.99 Å². The smallest absolute Gasteiger partial charge is 0.231 e. The highest BCUT2D eigenvalue weighted by molar-refractivity contribution is 5.83. The molecule has 4 rings (SSSR count). The average Bonchev–Trinajstić information content (AvgIpc) is 3.18. The minimum absolute atomic E-state index is 0.302. The number of nitrogens with zero attached hydrogens (tertiary/aromatic N) is 1. The monoisotopic (exact) mass is 292 g/mol. The molecule has 0 amide bonds. The third-order valence-electron chi connectivity index (χ3n) is 3.82. The maximum Gasteiger partial charge on any atom is 0.231 e. The fourth-order valence-corrected chi connectivity index (χ4v) is 2.69. The lowest BCUT2D eigenvalue weighted by atomic mass is 10.1. The van der Waals surface area contributed by atoms with E-state index in [1.165, 1.54) is 16.5 Å². The molecule has 0 bridgehead atoms. The van der Waals surface area contributed by atoms with Gasteiger partial charge in [-0.3, -0.25) is 4.99 Å². The van der Waals surface area contributed by atoms with Gasteiger partial charge < -0.3 is 14.5 Å². The van der Waals surface area contributed by atoms with E-state index < -0.39 is 0 Å². The van der Waals surface area contributed by atoms with Crippen LogP contribution in [0, 0.1) is 0 Å². The Morgan fingerprint density at radius 1 is 1.09 bits per heavy atom. The summed E-state index contributed by atoms with van der Waals surface area (Å²) in [6.45, 7) is 1.06. The van der Waals surface area contributed by atoms with Gasteiger partial charge in [-0.1, -0.05) is 18.2 Å². The summed E-state index contributed by atoms with van der Waals surface area (Å²) >= 11 is 0. The van der Waals surface area contributed by atoms with Gasteiger partial charge >= 0.3 is 0 Å². The number of H-pyrrole nitrogens is 1. The van der Waals surface area contributed by atoms with Gasteiger partial charge in [-0.15, -0.1) is 0 Å². The van der Waals surface area contributed by atoms with Gasteiger partial charge in [0.25, 0.3) is 0 Å². The van der Waals surface area contributed by atoms with Crippen molar-refractivity contribution in [3.63, 3.8) is 0 Å². The van der Waals surface area contributed by atoms with E-state index in [0.29, 0.717) is 6.79 Å². The Labute approximate surface area is 128 Å². The predicted molar refractivity (Wildman–Crippen MR) is 87.0 cm³/mol. The fourth-order valence-electron chi connectivity index (χ4n) is 2.69. The molecule has 1 aliphatic heterocycles. The van der Waals surface area contributed by atoms with Crippen LogP contribution in [0.1, 0.15) is 11.1 Å². The molecule has 0 aliphatic carbocycles. The third-order valence-corrected chi connectivity index (χ3v) is 3.82. The van der Waals surface area contributed by atoms with Crippen molar-refractivity contribution in [2.45, 2.75) is 6.42 Å². The SMILES string of the molecule is C(=NCCc1c[nH]c2ccccc12)c1ccc2c(c1)OCO2. The summed E-state index contributed by atoms with van der Waals surface area (Å²) in [5.74, 6) is 1.59. The predicted octanol–water partition coefficient (Wildman–Crippen LogP) is 3.56. The van der Waals surface area contributed by atoms with Crippen LogP contribution in [0.15, 0.2) is 53.7 Å². The highest BCUT2D eigenvalue weighted by atomic mass is 16.7. The van der Waals surface area contributed by atoms with Crippen LogP contribution >= 0.6 is 0 Å². The lowest BCUT2D eigenvalue weighted by molar-refractivity contribution is 0.174. The molecule has 3 aromatic rings. The number of aromatic amines is 1. The molecule has 0 spiro atoms. The summed E-state index contributed by atoms with van der Waals surface area (Å²) in [4.78, 5) is 7.81. The number of fused-ring (bicyclic) bond motifs is 2. The van der Waals surface area contributed by atoms with Crippen molar-refractivity contribution < 1.29 is 9.47 Å². The summed E-state index contributed by atoms with van der Waals surface area (Å²) in [6, 6.07) is 14.2. The number of para-hydroxylation sites is 1. The summed E-state index contributed by atoms with van der Waals surface area (Å²) in [5.41, 5.74) is 3.51. The number of hydrogen-bond donors (Lipinski definition) is 1. The largest absolute Gasteiger partial charge is 0.454 e. The van der Waals surface area contributed by atoms with Crippen LogP contribution in [-0.2, 0) is 6.42 Å². The van der Waals surface area contributed by atoms with Gasteiger partial charge in [0, 0.05) is 29.9 Å². The molecule has 0 saturated carbocycles. The van der Waals surface area contributed by atoms with Gasteiger partial charge in [0.2, 0.25) is 6.79 Å². The topological polar surface area (TPSA) is 46.6 Å². The number of nitrogens with one attached hydrogen (secondary N) is 1. The van der Waals surface area contributed by atoms with Crippen molar-refractivity contribution in [3.8, 4) is 11.5 Å². The molecule has 0 saturated heterocycles. The fraction of sp³-hybridized carbons (Fsp3) is 0.167. The molecule has 110 valence electrons. The van der Waals surface area contributed by atoms with Crippen LogP contribution in [0.2, 0.25) is 0 Å². The van der Waals surface area contributed by atoms with Crippen LogP contribution in [-0.4, -0.2) is 24.5 Å². The Kier molecular flexibility index (Phi) is 3.27. The van der Waals surface area contributed by atoms with E-state index in [9.17, 15) is 0 Å². The van der Waals surface area contributed by atoms with Crippen LogP contribution in [0.5, 0.6) is 11.5 Å². The molecule has 1 aliphatic rings. The lowest BCUT2D eigenvalue weighted by Crippen LogP contribution is -1.93. The Morgan fingerprint density at radius 3 is 3.00 bits per heavy atom. The number of aliphatic imine (C=N–C) groups is 1. The van der Waals surface area contributed by atoms with E-state index in [1.54, 1.807) is 0 Å². The molecule has 4 nitrogen and oxygen atoms in total. The summed E-state index contributed by atoms with van der Waals surface area (Å²) in [5, 5.41) is 1.28. The Morgan fingerprint density at radius 2 is 2.00 bits per heavy atom. The van der Waals surface area contributed by atoms with Crippen LogP contribution < -0.4 is 9.47 Å².